The van der Waals surface area contributed by atoms with Crippen LogP contribution in [0.3, 0.4) is 0 Å². The van der Waals surface area contributed by atoms with Crippen LogP contribution in [-0.4, -0.2) is 45.6 Å². The van der Waals surface area contributed by atoms with E-state index in [2.05, 4.69) is 24.1 Å². The molecule has 0 bridgehead atoms. The van der Waals surface area contributed by atoms with Crippen molar-refractivity contribution in [1.82, 2.24) is 19.8 Å². The van der Waals surface area contributed by atoms with Crippen molar-refractivity contribution in [3.8, 4) is 0 Å². The number of nitrogens with zero attached hydrogens (tertiary/aromatic N) is 3. The van der Waals surface area contributed by atoms with Crippen molar-refractivity contribution in [2.75, 3.05) is 13.1 Å². The first-order chi connectivity index (χ1) is 15.7. The molecule has 0 spiro atoms. The van der Waals surface area contributed by atoms with Crippen molar-refractivity contribution in [2.24, 2.45) is 5.41 Å². The average molecular weight is 467 g/mol. The number of carbonyl (C=O) groups excluding carboxylic acids is 3. The highest BCUT2D eigenvalue weighted by molar-refractivity contribution is 6.30. The number of hydrogen-bond donors (Lipinski definition) is 1. The van der Waals surface area contributed by atoms with E-state index < -0.39 is 11.5 Å². The number of carbonyl (C=O) groups is 3. The largest absolute Gasteiger partial charge is 0.348 e. The Labute approximate surface area is 195 Å². The fraction of sp³-hybridized carbons (Fsp3) is 0.292. The lowest BCUT2D eigenvalue weighted by Crippen LogP contribution is -2.56. The third-order valence-corrected chi connectivity index (χ3v) is 5.83. The normalized spacial score (nSPS) is 14.6. The van der Waals surface area contributed by atoms with Crippen LogP contribution in [0.2, 0.25) is 5.02 Å². The Kier molecular flexibility index (Phi) is 6.03. The van der Waals surface area contributed by atoms with Crippen LogP contribution in [0.1, 0.15) is 40.1 Å². The molecular weight excluding hydrogens is 444 g/mol. The van der Waals surface area contributed by atoms with Crippen LogP contribution >= 0.6 is 11.6 Å². The van der Waals surface area contributed by atoms with Crippen LogP contribution in [0.5, 0.6) is 0 Å². The zero-order valence-electron chi connectivity index (χ0n) is 18.3. The standard InChI is InChI=1S/C24H23ClN4O4/c1-24(2)13-28(14-24)20(31)11-29-21-17(7-16(12-30)10-26-21)8-19(23(29)33)22(32)27-9-15-3-5-18(25)6-4-15/h3-8,10,12H,9,11,13-14H2,1-2H3,(H,27,32). The molecule has 1 N–H and O–H groups in total. The van der Waals surface area contributed by atoms with E-state index in [-0.39, 0.29) is 35.6 Å². The molecule has 3 aromatic rings. The zero-order chi connectivity index (χ0) is 23.8. The van der Waals surface area contributed by atoms with Gasteiger partial charge in [-0.15, -0.1) is 0 Å². The van der Waals surface area contributed by atoms with E-state index in [1.165, 1.54) is 16.8 Å². The Balaban J connectivity index is 1.66. The number of nitrogens with one attached hydrogen (secondary N) is 1. The van der Waals surface area contributed by atoms with Crippen molar-refractivity contribution in [3.63, 3.8) is 0 Å². The van der Waals surface area contributed by atoms with E-state index in [4.69, 9.17) is 11.6 Å². The summed E-state index contributed by atoms with van der Waals surface area (Å²) >= 11 is 5.89. The minimum Gasteiger partial charge on any atom is -0.348 e. The van der Waals surface area contributed by atoms with Gasteiger partial charge in [0, 0.05) is 41.8 Å². The molecule has 0 aliphatic carbocycles. The molecule has 0 saturated carbocycles. The molecule has 1 saturated heterocycles. The third-order valence-electron chi connectivity index (χ3n) is 5.58. The second-order valence-corrected chi connectivity index (χ2v) is 9.41. The van der Waals surface area contributed by atoms with Crippen molar-refractivity contribution >= 4 is 40.7 Å². The molecule has 2 amide bonds. The molecule has 8 nitrogen and oxygen atoms in total. The van der Waals surface area contributed by atoms with Crippen molar-refractivity contribution < 1.29 is 14.4 Å². The van der Waals surface area contributed by atoms with Gasteiger partial charge in [-0.1, -0.05) is 37.6 Å². The molecule has 1 fully saturated rings. The zero-order valence-corrected chi connectivity index (χ0v) is 19.1. The van der Waals surface area contributed by atoms with Crippen LogP contribution in [0.25, 0.3) is 11.0 Å². The van der Waals surface area contributed by atoms with Gasteiger partial charge in [0.15, 0.2) is 6.29 Å². The fourth-order valence-electron chi connectivity index (χ4n) is 3.93. The number of aromatic nitrogens is 2. The summed E-state index contributed by atoms with van der Waals surface area (Å²) in [6.07, 6.45) is 1.97. The highest BCUT2D eigenvalue weighted by Gasteiger charge is 2.37. The summed E-state index contributed by atoms with van der Waals surface area (Å²) < 4.78 is 1.20. The van der Waals surface area contributed by atoms with E-state index in [0.717, 1.165) is 5.56 Å². The lowest BCUT2D eigenvalue weighted by atomic mass is 9.84. The maximum Gasteiger partial charge on any atom is 0.265 e. The molecule has 1 aliphatic heterocycles. The molecule has 0 radical (unpaired) electrons. The van der Waals surface area contributed by atoms with Gasteiger partial charge in [0.25, 0.3) is 11.5 Å². The van der Waals surface area contributed by atoms with E-state index in [1.54, 1.807) is 35.2 Å². The number of benzene rings is 1. The van der Waals surface area contributed by atoms with Crippen LogP contribution in [0.4, 0.5) is 0 Å². The molecular formula is C24H23ClN4O4. The first-order valence-electron chi connectivity index (χ1n) is 10.5. The molecule has 170 valence electrons. The number of amides is 2. The Morgan fingerprint density at radius 3 is 2.52 bits per heavy atom. The minimum absolute atomic E-state index is 0.0448. The summed E-state index contributed by atoms with van der Waals surface area (Å²) in [6, 6.07) is 9.91. The van der Waals surface area contributed by atoms with Gasteiger partial charge >= 0.3 is 0 Å². The summed E-state index contributed by atoms with van der Waals surface area (Å²) in [6.45, 7) is 5.28. The molecule has 4 rings (SSSR count). The third kappa shape index (κ3) is 4.80. The smallest absolute Gasteiger partial charge is 0.265 e. The van der Waals surface area contributed by atoms with E-state index in [0.29, 0.717) is 35.3 Å². The SMILES string of the molecule is CC1(C)CN(C(=O)Cn2c(=O)c(C(=O)NCc3ccc(Cl)cc3)cc3cc(C=O)cnc32)C1. The number of pyridine rings is 2. The van der Waals surface area contributed by atoms with Crippen molar-refractivity contribution in [1.29, 1.82) is 0 Å². The van der Waals surface area contributed by atoms with Gasteiger partial charge < -0.3 is 10.2 Å². The minimum atomic E-state index is -0.615. The second-order valence-electron chi connectivity index (χ2n) is 8.97. The number of fused-ring (bicyclic) bond motifs is 1. The predicted octanol–water partition coefficient (Wildman–Crippen LogP) is 2.66. The number of halogens is 1. The van der Waals surface area contributed by atoms with E-state index >= 15 is 0 Å². The molecule has 2 aromatic heterocycles. The summed E-state index contributed by atoms with van der Waals surface area (Å²) in [5.74, 6) is -0.808. The first-order valence-corrected chi connectivity index (χ1v) is 10.8. The average Bonchev–Trinajstić information content (AvgIpc) is 2.78. The number of rotatable bonds is 6. The van der Waals surface area contributed by atoms with Crippen LogP contribution in [-0.2, 0) is 17.9 Å². The molecule has 1 aromatic carbocycles. The Morgan fingerprint density at radius 2 is 1.88 bits per heavy atom. The summed E-state index contributed by atoms with van der Waals surface area (Å²) in [5.41, 5.74) is 0.662. The highest BCUT2D eigenvalue weighted by atomic mass is 35.5. The van der Waals surface area contributed by atoms with Crippen molar-refractivity contribution in [2.45, 2.75) is 26.9 Å². The maximum atomic E-state index is 13.2. The molecule has 3 heterocycles. The molecule has 0 unspecified atom stereocenters. The van der Waals surface area contributed by atoms with Crippen LogP contribution in [0.15, 0.2) is 47.4 Å². The summed E-state index contributed by atoms with van der Waals surface area (Å²) in [4.78, 5) is 56.0. The second kappa shape index (κ2) is 8.78. The maximum absolute atomic E-state index is 13.2. The molecule has 9 heteroatoms. The number of likely N-dealkylation sites (tertiary alicyclic amines) is 1. The van der Waals surface area contributed by atoms with E-state index in [1.807, 2.05) is 0 Å². The summed E-state index contributed by atoms with van der Waals surface area (Å²) in [5, 5.41) is 3.73. The summed E-state index contributed by atoms with van der Waals surface area (Å²) in [7, 11) is 0. The topological polar surface area (TPSA) is 101 Å². The van der Waals surface area contributed by atoms with Gasteiger partial charge in [0.05, 0.1) is 0 Å². The van der Waals surface area contributed by atoms with E-state index in [9.17, 15) is 19.2 Å². The number of aldehydes is 1. The molecule has 0 atom stereocenters. The Morgan fingerprint density at radius 1 is 1.18 bits per heavy atom. The molecule has 1 aliphatic rings. The quantitative estimate of drug-likeness (QED) is 0.563. The monoisotopic (exact) mass is 466 g/mol. The van der Waals surface area contributed by atoms with Gasteiger partial charge in [-0.25, -0.2) is 4.98 Å². The lowest BCUT2D eigenvalue weighted by molar-refractivity contribution is -0.142. The Bertz CT molecular complexity index is 1310. The molecule has 33 heavy (non-hydrogen) atoms. The lowest BCUT2D eigenvalue weighted by Gasteiger charge is -2.45. The van der Waals surface area contributed by atoms with Gasteiger partial charge in [-0.3, -0.25) is 23.7 Å². The fourth-order valence-corrected chi connectivity index (χ4v) is 4.06. The van der Waals surface area contributed by atoms with Gasteiger partial charge in [-0.05, 0) is 35.2 Å². The predicted molar refractivity (Wildman–Crippen MR) is 124 cm³/mol. The highest BCUT2D eigenvalue weighted by Crippen LogP contribution is 2.28. The number of hydrogen-bond acceptors (Lipinski definition) is 5. The first kappa shape index (κ1) is 22.7. The van der Waals surface area contributed by atoms with Crippen LogP contribution in [0, 0.1) is 5.41 Å². The Hall–Kier alpha value is -3.52. The van der Waals surface area contributed by atoms with Gasteiger partial charge in [-0.2, -0.15) is 0 Å². The van der Waals surface area contributed by atoms with Crippen LogP contribution < -0.4 is 10.9 Å². The van der Waals surface area contributed by atoms with Gasteiger partial charge in [0.2, 0.25) is 5.91 Å². The van der Waals surface area contributed by atoms with Gasteiger partial charge in [0.1, 0.15) is 17.8 Å². The van der Waals surface area contributed by atoms with Crippen molar-refractivity contribution in [3.05, 3.63) is 74.7 Å².